The Morgan fingerprint density at radius 1 is 1.15 bits per heavy atom. The third-order valence-corrected chi connectivity index (χ3v) is 6.59. The van der Waals surface area contributed by atoms with Crippen molar-refractivity contribution in [2.24, 2.45) is 28.7 Å². The van der Waals surface area contributed by atoms with Crippen LogP contribution in [0.25, 0.3) is 0 Å². The molecule has 4 aliphatic carbocycles. The largest absolute Gasteiger partial charge is 0.477 e. The maximum absolute atomic E-state index is 11.4. The van der Waals surface area contributed by atoms with Gasteiger partial charge in [0, 0.05) is 0 Å². The standard InChI is InChI=1S/C16H24ClNO2/c1-15(2)8-20-14(18-15)13(17)16(19)11-4-9-3-10(6-11)7-12(16)5-9/h9-13,19H,3-8H2,1-2H3. The first-order valence-electron chi connectivity index (χ1n) is 7.97. The van der Waals surface area contributed by atoms with Crippen LogP contribution in [0.5, 0.6) is 0 Å². The molecule has 0 radical (unpaired) electrons. The molecule has 4 fully saturated rings. The van der Waals surface area contributed by atoms with Gasteiger partial charge in [-0.25, -0.2) is 4.99 Å². The van der Waals surface area contributed by atoms with Gasteiger partial charge in [0.1, 0.15) is 12.0 Å². The lowest BCUT2D eigenvalue weighted by atomic mass is 9.49. The molecule has 0 amide bonds. The average Bonchev–Trinajstić information content (AvgIpc) is 2.74. The summed E-state index contributed by atoms with van der Waals surface area (Å²) in [6, 6.07) is 0. The summed E-state index contributed by atoms with van der Waals surface area (Å²) in [4.78, 5) is 4.60. The lowest BCUT2D eigenvalue weighted by Gasteiger charge is -2.59. The molecule has 5 rings (SSSR count). The minimum absolute atomic E-state index is 0.204. The smallest absolute Gasteiger partial charge is 0.205 e. The van der Waals surface area contributed by atoms with Crippen molar-refractivity contribution < 1.29 is 9.84 Å². The summed E-state index contributed by atoms with van der Waals surface area (Å²) in [5, 5.41) is 10.9. The highest BCUT2D eigenvalue weighted by atomic mass is 35.5. The summed E-state index contributed by atoms with van der Waals surface area (Å²) >= 11 is 6.69. The van der Waals surface area contributed by atoms with Crippen LogP contribution < -0.4 is 0 Å². The molecule has 5 aliphatic rings. The van der Waals surface area contributed by atoms with E-state index < -0.39 is 11.0 Å². The molecule has 1 heterocycles. The molecule has 4 heteroatoms. The van der Waals surface area contributed by atoms with Gasteiger partial charge in [0.15, 0.2) is 0 Å². The number of alkyl halides is 1. The van der Waals surface area contributed by atoms with Crippen molar-refractivity contribution in [1.82, 2.24) is 0 Å². The second kappa shape index (κ2) is 4.13. The molecule has 0 aromatic heterocycles. The zero-order valence-electron chi connectivity index (χ0n) is 12.3. The van der Waals surface area contributed by atoms with E-state index in [4.69, 9.17) is 16.3 Å². The molecule has 0 spiro atoms. The Hall–Kier alpha value is -0.280. The highest BCUT2D eigenvalue weighted by Crippen LogP contribution is 2.60. The van der Waals surface area contributed by atoms with Crippen LogP contribution in [0.1, 0.15) is 46.0 Å². The highest BCUT2D eigenvalue weighted by molar-refractivity contribution is 6.32. The number of hydrogen-bond donors (Lipinski definition) is 1. The summed E-state index contributed by atoms with van der Waals surface area (Å²) in [6.07, 6.45) is 5.94. The zero-order valence-corrected chi connectivity index (χ0v) is 13.1. The molecule has 1 N–H and O–H groups in total. The molecule has 4 bridgehead atoms. The van der Waals surface area contributed by atoms with Crippen LogP contribution in [0.4, 0.5) is 0 Å². The van der Waals surface area contributed by atoms with Crippen molar-refractivity contribution in [2.45, 2.75) is 62.5 Å². The predicted octanol–water partition coefficient (Wildman–Crippen LogP) is 2.99. The Balaban J connectivity index is 1.64. The molecule has 0 saturated heterocycles. The first-order chi connectivity index (χ1) is 9.38. The number of ether oxygens (including phenoxy) is 1. The van der Waals surface area contributed by atoms with Gasteiger partial charge in [-0.2, -0.15) is 0 Å². The van der Waals surface area contributed by atoms with E-state index in [0.717, 1.165) is 37.5 Å². The van der Waals surface area contributed by atoms with E-state index in [0.29, 0.717) is 24.3 Å². The summed E-state index contributed by atoms with van der Waals surface area (Å²) in [7, 11) is 0. The van der Waals surface area contributed by atoms with Crippen molar-refractivity contribution in [2.75, 3.05) is 6.61 Å². The van der Waals surface area contributed by atoms with Gasteiger partial charge in [-0.3, -0.25) is 0 Å². The molecule has 112 valence electrons. The average molecular weight is 298 g/mol. The lowest BCUT2D eigenvalue weighted by molar-refractivity contribution is -0.167. The highest BCUT2D eigenvalue weighted by Gasteiger charge is 2.61. The van der Waals surface area contributed by atoms with Crippen LogP contribution in [0.2, 0.25) is 0 Å². The summed E-state index contributed by atoms with van der Waals surface area (Å²) < 4.78 is 5.71. The van der Waals surface area contributed by atoms with Crippen LogP contribution in [0.3, 0.4) is 0 Å². The zero-order chi connectivity index (χ0) is 14.1. The SMILES string of the molecule is CC1(C)COC(C(Cl)C2(O)C3CC4CC(C3)CC2C4)=N1. The quantitative estimate of drug-likeness (QED) is 0.796. The topological polar surface area (TPSA) is 41.8 Å². The fourth-order valence-corrected chi connectivity index (χ4v) is 5.76. The summed E-state index contributed by atoms with van der Waals surface area (Å²) in [6.45, 7) is 4.66. The Morgan fingerprint density at radius 2 is 1.70 bits per heavy atom. The minimum Gasteiger partial charge on any atom is -0.477 e. The van der Waals surface area contributed by atoms with Crippen molar-refractivity contribution in [3.63, 3.8) is 0 Å². The number of rotatable bonds is 2. The third kappa shape index (κ3) is 1.78. The monoisotopic (exact) mass is 297 g/mol. The molecule has 1 unspecified atom stereocenters. The van der Waals surface area contributed by atoms with Gasteiger partial charge >= 0.3 is 0 Å². The van der Waals surface area contributed by atoms with Crippen molar-refractivity contribution >= 4 is 17.5 Å². The fourth-order valence-electron chi connectivity index (χ4n) is 5.29. The predicted molar refractivity (Wildman–Crippen MR) is 79.1 cm³/mol. The van der Waals surface area contributed by atoms with E-state index in [1.807, 2.05) is 13.8 Å². The maximum Gasteiger partial charge on any atom is 0.205 e. The number of halogens is 1. The van der Waals surface area contributed by atoms with Gasteiger partial charge in [-0.05, 0) is 69.6 Å². The van der Waals surface area contributed by atoms with E-state index in [-0.39, 0.29) is 5.54 Å². The number of hydrogen-bond acceptors (Lipinski definition) is 3. The maximum atomic E-state index is 11.4. The van der Waals surface area contributed by atoms with E-state index in [9.17, 15) is 5.11 Å². The van der Waals surface area contributed by atoms with E-state index in [2.05, 4.69) is 4.99 Å². The first kappa shape index (κ1) is 13.4. The fraction of sp³-hybridized carbons (Fsp3) is 0.938. The number of aliphatic imine (C=N–C) groups is 1. The van der Waals surface area contributed by atoms with Gasteiger partial charge in [0.05, 0.1) is 11.1 Å². The normalized spacial score (nSPS) is 49.9. The van der Waals surface area contributed by atoms with Gasteiger partial charge in [0.2, 0.25) is 5.90 Å². The minimum atomic E-state index is -0.797. The summed E-state index contributed by atoms with van der Waals surface area (Å²) in [5.74, 6) is 2.91. The Bertz CT molecular complexity index is 431. The Morgan fingerprint density at radius 3 is 2.15 bits per heavy atom. The van der Waals surface area contributed by atoms with E-state index >= 15 is 0 Å². The van der Waals surface area contributed by atoms with Crippen LogP contribution >= 0.6 is 11.6 Å². The summed E-state index contributed by atoms with van der Waals surface area (Å²) in [5.41, 5.74) is -1.00. The second-order valence-electron chi connectivity index (χ2n) is 8.11. The van der Waals surface area contributed by atoms with Crippen molar-refractivity contribution in [1.29, 1.82) is 0 Å². The third-order valence-electron chi connectivity index (χ3n) is 6.05. The lowest BCUT2D eigenvalue weighted by Crippen LogP contribution is -2.63. The Kier molecular flexibility index (Phi) is 2.77. The van der Waals surface area contributed by atoms with Gasteiger partial charge < -0.3 is 9.84 Å². The molecule has 0 aromatic rings. The van der Waals surface area contributed by atoms with Crippen LogP contribution in [0, 0.1) is 23.7 Å². The number of aliphatic hydroxyl groups is 1. The van der Waals surface area contributed by atoms with E-state index in [1.165, 1.54) is 6.42 Å². The van der Waals surface area contributed by atoms with Gasteiger partial charge in [-0.15, -0.1) is 11.6 Å². The first-order valence-corrected chi connectivity index (χ1v) is 8.41. The van der Waals surface area contributed by atoms with Crippen molar-refractivity contribution in [3.05, 3.63) is 0 Å². The van der Waals surface area contributed by atoms with E-state index in [1.54, 1.807) is 0 Å². The van der Waals surface area contributed by atoms with Crippen molar-refractivity contribution in [3.8, 4) is 0 Å². The van der Waals surface area contributed by atoms with Crippen LogP contribution in [0.15, 0.2) is 4.99 Å². The van der Waals surface area contributed by atoms with Gasteiger partial charge in [0.25, 0.3) is 0 Å². The molecule has 0 aromatic carbocycles. The molecule has 20 heavy (non-hydrogen) atoms. The van der Waals surface area contributed by atoms with Gasteiger partial charge in [-0.1, -0.05) is 0 Å². The number of nitrogens with zero attached hydrogens (tertiary/aromatic N) is 1. The molecule has 3 nitrogen and oxygen atoms in total. The molecule has 1 atom stereocenters. The molecular formula is C16H24ClNO2. The Labute approximate surface area is 125 Å². The molecule has 4 saturated carbocycles. The molecular weight excluding hydrogens is 274 g/mol. The molecule has 1 aliphatic heterocycles. The van der Waals surface area contributed by atoms with Crippen LogP contribution in [-0.2, 0) is 4.74 Å². The van der Waals surface area contributed by atoms with Crippen LogP contribution in [-0.4, -0.2) is 34.1 Å². The second-order valence-corrected chi connectivity index (χ2v) is 8.54.